The zero-order valence-electron chi connectivity index (χ0n) is 23.3. The summed E-state index contributed by atoms with van der Waals surface area (Å²) in [5.74, 6) is -0.530. The number of ether oxygens (including phenoxy) is 1. The molecule has 1 N–H and O–H groups in total. The molecule has 2 amide bonds. The SMILES string of the molecule is COc1ccc(Cl)cc1N(CC(=O)N(CCc1ccccc1)C(C)C(=O)NC1CCCC1)S(=O)(=O)c1ccccc1. The Labute approximate surface area is 247 Å². The Morgan fingerprint density at radius 3 is 2.27 bits per heavy atom. The minimum Gasteiger partial charge on any atom is -0.495 e. The second-order valence-corrected chi connectivity index (χ2v) is 12.4. The summed E-state index contributed by atoms with van der Waals surface area (Å²) in [6.07, 6.45) is 4.44. The number of hydrogen-bond acceptors (Lipinski definition) is 5. The highest BCUT2D eigenvalue weighted by molar-refractivity contribution is 7.92. The molecule has 0 bridgehead atoms. The van der Waals surface area contributed by atoms with Crippen molar-refractivity contribution in [2.45, 2.75) is 56.0 Å². The third-order valence-corrected chi connectivity index (χ3v) is 9.38. The van der Waals surface area contributed by atoms with Crippen molar-refractivity contribution in [3.05, 3.63) is 89.4 Å². The average Bonchev–Trinajstić information content (AvgIpc) is 3.50. The molecule has 0 heterocycles. The number of carbonyl (C=O) groups is 2. The molecule has 0 saturated heterocycles. The minimum absolute atomic E-state index is 0.0117. The molecular weight excluding hydrogens is 562 g/mol. The number of carbonyl (C=O) groups excluding carboxylic acids is 2. The van der Waals surface area contributed by atoms with Crippen molar-refractivity contribution < 1.29 is 22.7 Å². The van der Waals surface area contributed by atoms with Crippen molar-refractivity contribution >= 4 is 39.1 Å². The summed E-state index contributed by atoms with van der Waals surface area (Å²) < 4.78 is 34.4. The van der Waals surface area contributed by atoms with Gasteiger partial charge >= 0.3 is 0 Å². The molecule has 1 aliphatic carbocycles. The van der Waals surface area contributed by atoms with Crippen LogP contribution in [0.15, 0.2) is 83.8 Å². The van der Waals surface area contributed by atoms with Crippen molar-refractivity contribution in [1.82, 2.24) is 10.2 Å². The number of benzene rings is 3. The molecule has 0 aliphatic heterocycles. The molecule has 0 aromatic heterocycles. The lowest BCUT2D eigenvalue weighted by molar-refractivity contribution is -0.139. The lowest BCUT2D eigenvalue weighted by Gasteiger charge is -2.33. The number of nitrogens with one attached hydrogen (secondary N) is 1. The first-order valence-electron chi connectivity index (χ1n) is 13.8. The molecule has 1 unspecified atom stereocenters. The largest absolute Gasteiger partial charge is 0.495 e. The highest BCUT2D eigenvalue weighted by atomic mass is 35.5. The first-order valence-corrected chi connectivity index (χ1v) is 15.6. The van der Waals surface area contributed by atoms with Gasteiger partial charge in [0.1, 0.15) is 18.3 Å². The van der Waals surface area contributed by atoms with Gasteiger partial charge in [0.2, 0.25) is 11.8 Å². The van der Waals surface area contributed by atoms with Crippen LogP contribution < -0.4 is 14.4 Å². The first kappa shape index (κ1) is 30.4. The maximum atomic E-state index is 14.1. The van der Waals surface area contributed by atoms with E-state index in [2.05, 4.69) is 5.32 Å². The van der Waals surface area contributed by atoms with E-state index in [9.17, 15) is 18.0 Å². The van der Waals surface area contributed by atoms with Crippen LogP contribution in [-0.4, -0.2) is 57.4 Å². The molecule has 8 nitrogen and oxygen atoms in total. The molecule has 0 radical (unpaired) electrons. The molecule has 1 aliphatic rings. The van der Waals surface area contributed by atoms with E-state index in [0.29, 0.717) is 6.42 Å². The maximum absolute atomic E-state index is 14.1. The smallest absolute Gasteiger partial charge is 0.264 e. The van der Waals surface area contributed by atoms with Crippen LogP contribution in [0.3, 0.4) is 0 Å². The monoisotopic (exact) mass is 597 g/mol. The Balaban J connectivity index is 1.69. The van der Waals surface area contributed by atoms with Crippen LogP contribution in [0, 0.1) is 0 Å². The van der Waals surface area contributed by atoms with Crippen molar-refractivity contribution in [2.24, 2.45) is 0 Å². The molecule has 3 aromatic rings. The van der Waals surface area contributed by atoms with Crippen molar-refractivity contribution in [2.75, 3.05) is 24.5 Å². The van der Waals surface area contributed by atoms with Gasteiger partial charge in [0, 0.05) is 17.6 Å². The van der Waals surface area contributed by atoms with E-state index in [0.717, 1.165) is 35.6 Å². The molecule has 218 valence electrons. The molecule has 4 rings (SSSR count). The van der Waals surface area contributed by atoms with E-state index in [1.165, 1.54) is 30.2 Å². The van der Waals surface area contributed by atoms with E-state index in [1.54, 1.807) is 37.3 Å². The summed E-state index contributed by atoms with van der Waals surface area (Å²) >= 11 is 6.28. The highest BCUT2D eigenvalue weighted by Gasteiger charge is 2.34. The second-order valence-electron chi connectivity index (χ2n) is 10.1. The van der Waals surface area contributed by atoms with Crippen LogP contribution in [0.25, 0.3) is 0 Å². The summed E-state index contributed by atoms with van der Waals surface area (Å²) in [6.45, 7) is 1.36. The van der Waals surface area contributed by atoms with E-state index in [4.69, 9.17) is 16.3 Å². The Hall–Kier alpha value is -3.56. The van der Waals surface area contributed by atoms with Crippen LogP contribution in [0.1, 0.15) is 38.2 Å². The number of rotatable bonds is 12. The molecule has 1 atom stereocenters. The van der Waals surface area contributed by atoms with E-state index in [1.807, 2.05) is 30.3 Å². The number of anilines is 1. The van der Waals surface area contributed by atoms with Gasteiger partial charge in [0.15, 0.2) is 0 Å². The number of sulfonamides is 1. The molecule has 1 fully saturated rings. The Morgan fingerprint density at radius 1 is 1.00 bits per heavy atom. The summed E-state index contributed by atoms with van der Waals surface area (Å²) in [7, 11) is -2.80. The van der Waals surface area contributed by atoms with Crippen LogP contribution in [-0.2, 0) is 26.0 Å². The highest BCUT2D eigenvalue weighted by Crippen LogP contribution is 2.35. The Kier molecular flexibility index (Phi) is 10.3. The van der Waals surface area contributed by atoms with Crippen LogP contribution >= 0.6 is 11.6 Å². The van der Waals surface area contributed by atoms with Crippen molar-refractivity contribution in [3.63, 3.8) is 0 Å². The van der Waals surface area contributed by atoms with Gasteiger partial charge in [-0.1, -0.05) is 73.0 Å². The number of amides is 2. The molecule has 3 aromatic carbocycles. The third kappa shape index (κ3) is 7.59. The fourth-order valence-electron chi connectivity index (χ4n) is 5.05. The van der Waals surface area contributed by atoms with Gasteiger partial charge < -0.3 is 15.0 Å². The van der Waals surface area contributed by atoms with Gasteiger partial charge in [-0.2, -0.15) is 0 Å². The second kappa shape index (κ2) is 13.9. The van der Waals surface area contributed by atoms with E-state index < -0.39 is 28.5 Å². The Bertz CT molecular complexity index is 1430. The summed E-state index contributed by atoms with van der Waals surface area (Å²) in [5, 5.41) is 3.36. The van der Waals surface area contributed by atoms with Gasteiger partial charge in [-0.05, 0) is 62.1 Å². The predicted molar refractivity (Wildman–Crippen MR) is 161 cm³/mol. The van der Waals surface area contributed by atoms with E-state index >= 15 is 0 Å². The summed E-state index contributed by atoms with van der Waals surface area (Å²) in [5.41, 5.74) is 1.13. The first-order chi connectivity index (χ1) is 19.7. The van der Waals surface area contributed by atoms with E-state index in [-0.39, 0.29) is 39.8 Å². The molecular formula is C31H36ClN3O5S. The van der Waals surface area contributed by atoms with Gasteiger partial charge in [0.25, 0.3) is 10.0 Å². The third-order valence-electron chi connectivity index (χ3n) is 7.37. The summed E-state index contributed by atoms with van der Waals surface area (Å²) in [4.78, 5) is 28.8. The van der Waals surface area contributed by atoms with Crippen LogP contribution in [0.5, 0.6) is 5.75 Å². The average molecular weight is 598 g/mol. The molecule has 41 heavy (non-hydrogen) atoms. The van der Waals surface area contributed by atoms with Gasteiger partial charge in [-0.25, -0.2) is 8.42 Å². The lowest BCUT2D eigenvalue weighted by Crippen LogP contribution is -2.53. The number of nitrogens with zero attached hydrogens (tertiary/aromatic N) is 2. The fourth-order valence-corrected chi connectivity index (χ4v) is 6.66. The molecule has 0 spiro atoms. The van der Waals surface area contributed by atoms with Gasteiger partial charge in [0.05, 0.1) is 17.7 Å². The van der Waals surface area contributed by atoms with Crippen LogP contribution in [0.2, 0.25) is 5.02 Å². The maximum Gasteiger partial charge on any atom is 0.264 e. The zero-order chi connectivity index (χ0) is 29.4. The quantitative estimate of drug-likeness (QED) is 0.315. The molecule has 10 heteroatoms. The minimum atomic E-state index is -4.22. The number of halogens is 1. The van der Waals surface area contributed by atoms with Crippen LogP contribution in [0.4, 0.5) is 5.69 Å². The number of methoxy groups -OCH3 is 1. The van der Waals surface area contributed by atoms with Crippen molar-refractivity contribution in [3.8, 4) is 5.75 Å². The normalized spacial score (nSPS) is 14.3. The zero-order valence-corrected chi connectivity index (χ0v) is 24.9. The fraction of sp³-hybridized carbons (Fsp3) is 0.355. The number of hydrogen-bond donors (Lipinski definition) is 1. The predicted octanol–water partition coefficient (Wildman–Crippen LogP) is 5.06. The standard InChI is InChI=1S/C31H36ClN3O5S/c1-23(31(37)33-26-13-9-10-14-26)34(20-19-24-11-5-3-6-12-24)30(36)22-35(28-21-25(32)17-18-29(28)40-2)41(38,39)27-15-7-4-8-16-27/h3-8,11-12,15-18,21,23,26H,9-10,13-14,19-20,22H2,1-2H3,(H,33,37). The van der Waals surface area contributed by atoms with Gasteiger partial charge in [-0.15, -0.1) is 0 Å². The Morgan fingerprint density at radius 2 is 1.63 bits per heavy atom. The summed E-state index contributed by atoms with van der Waals surface area (Å²) in [6, 6.07) is 21.4. The van der Waals surface area contributed by atoms with Gasteiger partial charge in [-0.3, -0.25) is 13.9 Å². The lowest BCUT2D eigenvalue weighted by atomic mass is 10.1. The van der Waals surface area contributed by atoms with Crippen molar-refractivity contribution in [1.29, 1.82) is 0 Å². The molecule has 1 saturated carbocycles. The topological polar surface area (TPSA) is 96.0 Å².